The highest BCUT2D eigenvalue weighted by atomic mass is 32.1. The Kier molecular flexibility index (Phi) is 5.45. The highest BCUT2D eigenvalue weighted by molar-refractivity contribution is 7.12. The summed E-state index contributed by atoms with van der Waals surface area (Å²) >= 11 is 1.71. The number of rotatable bonds is 6. The van der Waals surface area contributed by atoms with Crippen molar-refractivity contribution in [2.75, 3.05) is 19.8 Å². The van der Waals surface area contributed by atoms with Gasteiger partial charge in [-0.3, -0.25) is 4.79 Å². The lowest BCUT2D eigenvalue weighted by Crippen LogP contribution is -2.27. The molecule has 1 amide bonds. The summed E-state index contributed by atoms with van der Waals surface area (Å²) in [6.07, 6.45) is 0. The van der Waals surface area contributed by atoms with Crippen LogP contribution < -0.4 is 11.1 Å². The molecule has 0 atom stereocenters. The minimum absolute atomic E-state index is 0.0839. The van der Waals surface area contributed by atoms with Crippen molar-refractivity contribution in [1.29, 1.82) is 0 Å². The first-order chi connectivity index (χ1) is 7.63. The van der Waals surface area contributed by atoms with Crippen molar-refractivity contribution in [3.8, 4) is 0 Å². The summed E-state index contributed by atoms with van der Waals surface area (Å²) in [6.45, 7) is 5.67. The summed E-state index contributed by atoms with van der Waals surface area (Å²) in [5, 5.41) is 2.80. The zero-order valence-corrected chi connectivity index (χ0v) is 10.5. The highest BCUT2D eigenvalue weighted by Gasteiger charge is 2.04. The number of aryl methyl sites for hydroxylation is 2. The van der Waals surface area contributed by atoms with Crippen LogP contribution in [0.1, 0.15) is 15.3 Å². The number of thiophene rings is 1. The van der Waals surface area contributed by atoms with Gasteiger partial charge in [-0.25, -0.2) is 0 Å². The SMILES string of the molecule is Cc1cc(CNC(=O)COCCN)sc1C. The Labute approximate surface area is 99.8 Å². The van der Waals surface area contributed by atoms with Crippen molar-refractivity contribution in [3.05, 3.63) is 21.4 Å². The zero-order chi connectivity index (χ0) is 12.0. The summed E-state index contributed by atoms with van der Waals surface area (Å²) in [4.78, 5) is 13.8. The molecule has 1 rings (SSSR count). The predicted molar refractivity (Wildman–Crippen MR) is 65.5 cm³/mol. The standard InChI is InChI=1S/C11H18N2O2S/c1-8-5-10(16-9(8)2)6-13-11(14)7-15-4-3-12/h5H,3-4,6-7,12H2,1-2H3,(H,13,14). The normalized spacial score (nSPS) is 10.4. The highest BCUT2D eigenvalue weighted by Crippen LogP contribution is 2.20. The van der Waals surface area contributed by atoms with Crippen LogP contribution in [0, 0.1) is 13.8 Å². The van der Waals surface area contributed by atoms with E-state index < -0.39 is 0 Å². The molecular formula is C11H18N2O2S. The van der Waals surface area contributed by atoms with Crippen molar-refractivity contribution < 1.29 is 9.53 Å². The third-order valence-electron chi connectivity index (χ3n) is 2.17. The van der Waals surface area contributed by atoms with Crippen LogP contribution in [0.4, 0.5) is 0 Å². The van der Waals surface area contributed by atoms with Crippen LogP contribution in [0.3, 0.4) is 0 Å². The van der Waals surface area contributed by atoms with Gasteiger partial charge in [0.15, 0.2) is 0 Å². The Hall–Kier alpha value is -0.910. The fourth-order valence-electron chi connectivity index (χ4n) is 1.22. The van der Waals surface area contributed by atoms with Gasteiger partial charge in [-0.1, -0.05) is 0 Å². The first kappa shape index (κ1) is 13.2. The quantitative estimate of drug-likeness (QED) is 0.730. The van der Waals surface area contributed by atoms with E-state index in [2.05, 4.69) is 25.2 Å². The summed E-state index contributed by atoms with van der Waals surface area (Å²) in [7, 11) is 0. The minimum Gasteiger partial charge on any atom is -0.370 e. The summed E-state index contributed by atoms with van der Waals surface area (Å²) in [5.41, 5.74) is 6.52. The molecule has 0 spiro atoms. The van der Waals surface area contributed by atoms with E-state index in [9.17, 15) is 4.79 Å². The van der Waals surface area contributed by atoms with E-state index in [1.807, 2.05) is 0 Å². The van der Waals surface area contributed by atoms with Crippen molar-refractivity contribution in [2.24, 2.45) is 5.73 Å². The molecule has 0 radical (unpaired) electrons. The van der Waals surface area contributed by atoms with Gasteiger partial charge in [-0.2, -0.15) is 0 Å². The van der Waals surface area contributed by atoms with Crippen LogP contribution in [-0.2, 0) is 16.1 Å². The number of carbonyl (C=O) groups excluding carboxylic acids is 1. The number of nitrogens with two attached hydrogens (primary N) is 1. The first-order valence-electron chi connectivity index (χ1n) is 5.24. The average Bonchev–Trinajstić information content (AvgIpc) is 2.56. The Morgan fingerprint density at radius 3 is 2.88 bits per heavy atom. The van der Waals surface area contributed by atoms with E-state index >= 15 is 0 Å². The topological polar surface area (TPSA) is 64.3 Å². The Morgan fingerprint density at radius 2 is 2.31 bits per heavy atom. The number of amides is 1. The molecule has 3 N–H and O–H groups in total. The van der Waals surface area contributed by atoms with E-state index in [1.54, 1.807) is 11.3 Å². The lowest BCUT2D eigenvalue weighted by Gasteiger charge is -2.03. The molecule has 1 aromatic rings. The molecule has 16 heavy (non-hydrogen) atoms. The third-order valence-corrected chi connectivity index (χ3v) is 3.32. The van der Waals surface area contributed by atoms with Gasteiger partial charge < -0.3 is 15.8 Å². The fraction of sp³-hybridized carbons (Fsp3) is 0.545. The Balaban J connectivity index is 2.26. The molecule has 0 saturated carbocycles. The van der Waals surface area contributed by atoms with Crippen molar-refractivity contribution >= 4 is 17.2 Å². The smallest absolute Gasteiger partial charge is 0.246 e. The number of hydrogen-bond donors (Lipinski definition) is 2. The van der Waals surface area contributed by atoms with Gasteiger partial charge in [0.05, 0.1) is 13.2 Å². The average molecular weight is 242 g/mol. The van der Waals surface area contributed by atoms with Gasteiger partial charge in [0.1, 0.15) is 6.61 Å². The molecule has 1 aromatic heterocycles. The van der Waals surface area contributed by atoms with Gasteiger partial charge in [0.25, 0.3) is 0 Å². The van der Waals surface area contributed by atoms with Crippen molar-refractivity contribution in [3.63, 3.8) is 0 Å². The van der Waals surface area contributed by atoms with E-state index in [4.69, 9.17) is 10.5 Å². The molecule has 0 saturated heterocycles. The summed E-state index contributed by atoms with van der Waals surface area (Å²) < 4.78 is 5.03. The van der Waals surface area contributed by atoms with E-state index in [1.165, 1.54) is 15.3 Å². The maximum absolute atomic E-state index is 11.3. The number of hydrogen-bond acceptors (Lipinski definition) is 4. The number of ether oxygens (including phenoxy) is 1. The van der Waals surface area contributed by atoms with Crippen LogP contribution in [-0.4, -0.2) is 25.7 Å². The second-order valence-electron chi connectivity index (χ2n) is 3.57. The Morgan fingerprint density at radius 1 is 1.56 bits per heavy atom. The molecule has 0 bridgehead atoms. The molecule has 1 heterocycles. The molecule has 90 valence electrons. The molecule has 0 unspecified atom stereocenters. The third kappa shape index (κ3) is 4.30. The van der Waals surface area contributed by atoms with Crippen LogP contribution in [0.2, 0.25) is 0 Å². The Bertz CT molecular complexity index is 330. The van der Waals surface area contributed by atoms with Gasteiger partial charge in [-0.15, -0.1) is 11.3 Å². The van der Waals surface area contributed by atoms with Gasteiger partial charge in [0, 0.05) is 16.3 Å². The molecule has 4 nitrogen and oxygen atoms in total. The van der Waals surface area contributed by atoms with E-state index in [-0.39, 0.29) is 12.5 Å². The van der Waals surface area contributed by atoms with Gasteiger partial charge >= 0.3 is 0 Å². The molecule has 0 aliphatic heterocycles. The molecule has 0 aliphatic rings. The fourth-order valence-corrected chi connectivity index (χ4v) is 2.21. The minimum atomic E-state index is -0.0999. The van der Waals surface area contributed by atoms with Crippen molar-refractivity contribution in [1.82, 2.24) is 5.32 Å². The molecular weight excluding hydrogens is 224 g/mol. The van der Waals surface area contributed by atoms with E-state index in [0.717, 1.165) is 0 Å². The van der Waals surface area contributed by atoms with Crippen LogP contribution in [0.15, 0.2) is 6.07 Å². The predicted octanol–water partition coefficient (Wildman–Crippen LogP) is 0.956. The second-order valence-corrected chi connectivity index (χ2v) is 4.91. The monoisotopic (exact) mass is 242 g/mol. The lowest BCUT2D eigenvalue weighted by molar-refractivity contribution is -0.125. The van der Waals surface area contributed by atoms with Crippen LogP contribution in [0.5, 0.6) is 0 Å². The first-order valence-corrected chi connectivity index (χ1v) is 6.05. The zero-order valence-electron chi connectivity index (χ0n) is 9.71. The number of nitrogens with one attached hydrogen (secondary N) is 1. The van der Waals surface area contributed by atoms with Crippen LogP contribution in [0.25, 0.3) is 0 Å². The summed E-state index contributed by atoms with van der Waals surface area (Å²) in [5.74, 6) is -0.0999. The second kappa shape index (κ2) is 6.62. The molecule has 0 aromatic carbocycles. The molecule has 0 aliphatic carbocycles. The molecule has 0 fully saturated rings. The van der Waals surface area contributed by atoms with E-state index in [0.29, 0.717) is 19.7 Å². The van der Waals surface area contributed by atoms with Gasteiger partial charge in [-0.05, 0) is 25.5 Å². The maximum Gasteiger partial charge on any atom is 0.246 e. The molecule has 5 heteroatoms. The largest absolute Gasteiger partial charge is 0.370 e. The van der Waals surface area contributed by atoms with Crippen molar-refractivity contribution in [2.45, 2.75) is 20.4 Å². The number of carbonyl (C=O) groups is 1. The lowest BCUT2D eigenvalue weighted by atomic mass is 10.3. The maximum atomic E-state index is 11.3. The summed E-state index contributed by atoms with van der Waals surface area (Å²) in [6, 6.07) is 2.10. The van der Waals surface area contributed by atoms with Gasteiger partial charge in [0.2, 0.25) is 5.91 Å². The van der Waals surface area contributed by atoms with Crippen LogP contribution >= 0.6 is 11.3 Å².